The summed E-state index contributed by atoms with van der Waals surface area (Å²) in [4.78, 5) is 43.2. The second-order valence-electron chi connectivity index (χ2n) is 7.11. The summed E-state index contributed by atoms with van der Waals surface area (Å²) in [5.41, 5.74) is 8.04. The van der Waals surface area contributed by atoms with Crippen molar-refractivity contribution in [1.82, 2.24) is 9.97 Å². The van der Waals surface area contributed by atoms with E-state index in [0.717, 1.165) is 10.9 Å². The highest BCUT2D eigenvalue weighted by Crippen LogP contribution is 2.26. The number of hydrogen-bond acceptors (Lipinski definition) is 7. The second kappa shape index (κ2) is 8.67. The Morgan fingerprint density at radius 3 is 2.84 bits per heavy atom. The molecule has 9 nitrogen and oxygen atoms in total. The van der Waals surface area contributed by atoms with Crippen LogP contribution in [0.2, 0.25) is 0 Å². The lowest BCUT2D eigenvalue weighted by atomic mass is 10.0. The largest absolute Gasteiger partial charge is 0.497 e. The third-order valence-corrected chi connectivity index (χ3v) is 5.85. The molecule has 0 saturated carbocycles. The molecule has 4 rings (SSSR count). The van der Waals surface area contributed by atoms with Gasteiger partial charge in [-0.25, -0.2) is 9.78 Å². The SMILES string of the molecule is COc1ccc2c(C)c(CCC(=O)Nc3nc(-c4c[nH]c(C(N)=O)c4)cs3)c(=O)oc2c1. The minimum Gasteiger partial charge on any atom is -0.497 e. The van der Waals surface area contributed by atoms with Crippen molar-refractivity contribution in [1.29, 1.82) is 0 Å². The number of anilines is 1. The molecular weight excluding hydrogens is 432 g/mol. The van der Waals surface area contributed by atoms with Crippen LogP contribution in [0.15, 0.2) is 45.1 Å². The first kappa shape index (κ1) is 21.3. The zero-order valence-corrected chi connectivity index (χ0v) is 18.2. The quantitative estimate of drug-likeness (QED) is 0.368. The normalized spacial score (nSPS) is 10.9. The third kappa shape index (κ3) is 4.26. The molecule has 0 radical (unpaired) electrons. The summed E-state index contributed by atoms with van der Waals surface area (Å²) < 4.78 is 10.6. The average molecular weight is 452 g/mol. The van der Waals surface area contributed by atoms with Gasteiger partial charge in [-0.1, -0.05) is 0 Å². The van der Waals surface area contributed by atoms with Gasteiger partial charge in [0.2, 0.25) is 5.91 Å². The number of fused-ring (bicyclic) bond motifs is 1. The predicted molar refractivity (Wildman–Crippen MR) is 121 cm³/mol. The van der Waals surface area contributed by atoms with Crippen molar-refractivity contribution >= 4 is 39.3 Å². The van der Waals surface area contributed by atoms with Gasteiger partial charge in [0.15, 0.2) is 5.13 Å². The zero-order chi connectivity index (χ0) is 22.8. The highest BCUT2D eigenvalue weighted by Gasteiger charge is 2.15. The molecule has 0 spiro atoms. The number of amides is 2. The van der Waals surface area contributed by atoms with Crippen molar-refractivity contribution in [3.63, 3.8) is 0 Å². The van der Waals surface area contributed by atoms with Crippen LogP contribution in [0.3, 0.4) is 0 Å². The van der Waals surface area contributed by atoms with Gasteiger partial charge in [-0.05, 0) is 37.1 Å². The highest BCUT2D eigenvalue weighted by molar-refractivity contribution is 7.14. The topological polar surface area (TPSA) is 140 Å². The number of thiazole rings is 1. The van der Waals surface area contributed by atoms with Crippen molar-refractivity contribution in [2.45, 2.75) is 19.8 Å². The maximum absolute atomic E-state index is 12.4. The lowest BCUT2D eigenvalue weighted by Crippen LogP contribution is -2.16. The summed E-state index contributed by atoms with van der Waals surface area (Å²) in [5.74, 6) is -0.237. The first-order valence-corrected chi connectivity index (χ1v) is 10.6. The molecule has 0 aliphatic carbocycles. The number of H-pyrrole nitrogens is 1. The molecule has 164 valence electrons. The average Bonchev–Trinajstić information content (AvgIpc) is 3.42. The van der Waals surface area contributed by atoms with Crippen LogP contribution in [0.25, 0.3) is 22.2 Å². The summed E-state index contributed by atoms with van der Waals surface area (Å²) in [5, 5.41) is 5.72. The molecule has 0 unspecified atom stereocenters. The maximum atomic E-state index is 12.4. The Balaban J connectivity index is 1.44. The Hall–Kier alpha value is -3.92. The summed E-state index contributed by atoms with van der Waals surface area (Å²) in [7, 11) is 1.54. The number of carbonyl (C=O) groups excluding carboxylic acids is 2. The van der Waals surface area contributed by atoms with Crippen LogP contribution < -0.4 is 21.4 Å². The van der Waals surface area contributed by atoms with Gasteiger partial charge in [0.1, 0.15) is 17.0 Å². The monoisotopic (exact) mass is 452 g/mol. The maximum Gasteiger partial charge on any atom is 0.339 e. The number of aryl methyl sites for hydroxylation is 1. The van der Waals surface area contributed by atoms with Crippen molar-refractivity contribution in [2.75, 3.05) is 12.4 Å². The molecule has 2 amide bonds. The number of methoxy groups -OCH3 is 1. The number of hydrogen-bond donors (Lipinski definition) is 3. The first-order chi connectivity index (χ1) is 15.4. The smallest absolute Gasteiger partial charge is 0.339 e. The number of benzene rings is 1. The summed E-state index contributed by atoms with van der Waals surface area (Å²) in [6, 6.07) is 6.89. The van der Waals surface area contributed by atoms with Crippen molar-refractivity contribution in [3.8, 4) is 17.0 Å². The number of aromatic nitrogens is 2. The number of rotatable bonds is 7. The van der Waals surface area contributed by atoms with Gasteiger partial charge in [0.25, 0.3) is 5.91 Å². The molecule has 32 heavy (non-hydrogen) atoms. The second-order valence-corrected chi connectivity index (χ2v) is 7.97. The molecule has 0 fully saturated rings. The van der Waals surface area contributed by atoms with Gasteiger partial charge >= 0.3 is 5.63 Å². The van der Waals surface area contributed by atoms with Crippen LogP contribution in [0, 0.1) is 6.92 Å². The molecule has 1 aromatic carbocycles. The van der Waals surface area contributed by atoms with Crippen molar-refractivity contribution in [3.05, 3.63) is 63.1 Å². The molecular formula is C22H20N4O5S. The summed E-state index contributed by atoms with van der Waals surface area (Å²) in [6.45, 7) is 1.84. The fourth-order valence-electron chi connectivity index (χ4n) is 3.36. The Bertz CT molecular complexity index is 1380. The van der Waals surface area contributed by atoms with Gasteiger partial charge in [-0.15, -0.1) is 11.3 Å². The van der Waals surface area contributed by atoms with E-state index in [9.17, 15) is 14.4 Å². The Morgan fingerprint density at radius 1 is 1.31 bits per heavy atom. The number of nitrogens with one attached hydrogen (secondary N) is 2. The number of nitrogens with zero attached hydrogens (tertiary/aromatic N) is 1. The van der Waals surface area contributed by atoms with Gasteiger partial charge in [-0.2, -0.15) is 0 Å². The minimum atomic E-state index is -0.562. The van der Waals surface area contributed by atoms with Crippen LogP contribution in [0.4, 0.5) is 5.13 Å². The lowest BCUT2D eigenvalue weighted by Gasteiger charge is -2.08. The third-order valence-electron chi connectivity index (χ3n) is 5.09. The molecule has 0 aliphatic rings. The molecule has 4 N–H and O–H groups in total. The van der Waals surface area contributed by atoms with Crippen LogP contribution in [-0.4, -0.2) is 28.9 Å². The fraction of sp³-hybridized carbons (Fsp3) is 0.182. The Kier molecular flexibility index (Phi) is 5.78. The molecule has 0 bridgehead atoms. The van der Waals surface area contributed by atoms with E-state index in [1.807, 2.05) is 13.0 Å². The first-order valence-electron chi connectivity index (χ1n) is 9.70. The molecule has 0 aliphatic heterocycles. The summed E-state index contributed by atoms with van der Waals surface area (Å²) >= 11 is 1.26. The Morgan fingerprint density at radius 2 is 2.12 bits per heavy atom. The number of aromatic amines is 1. The Labute approximate surface area is 186 Å². The van der Waals surface area contributed by atoms with Gasteiger partial charge in [-0.3, -0.25) is 9.59 Å². The molecule has 10 heteroatoms. The molecule has 0 saturated heterocycles. The molecule has 0 atom stereocenters. The number of nitrogens with two attached hydrogens (primary N) is 1. The predicted octanol–water partition coefficient (Wildman–Crippen LogP) is 3.23. The standard InChI is InChI=1S/C22H20N4O5S/c1-11-14-4-3-13(30-2)8-18(14)31-21(29)15(11)5-6-19(27)26-22-25-17(10-32-22)12-7-16(20(23)28)24-9-12/h3-4,7-10,24H,5-6H2,1-2H3,(H2,23,28)(H,25,26,27). The van der Waals surface area contributed by atoms with E-state index in [1.54, 1.807) is 36.9 Å². The van der Waals surface area contributed by atoms with Gasteiger partial charge < -0.3 is 25.2 Å². The number of carbonyl (C=O) groups is 2. The van der Waals surface area contributed by atoms with Crippen molar-refractivity contribution < 1.29 is 18.7 Å². The minimum absolute atomic E-state index is 0.0954. The van der Waals surface area contributed by atoms with E-state index < -0.39 is 11.5 Å². The van der Waals surface area contributed by atoms with E-state index in [2.05, 4.69) is 15.3 Å². The molecule has 3 heterocycles. The van der Waals surface area contributed by atoms with Crippen LogP contribution in [0.5, 0.6) is 5.75 Å². The van der Waals surface area contributed by atoms with E-state index in [4.69, 9.17) is 14.9 Å². The molecule has 4 aromatic rings. The van der Waals surface area contributed by atoms with Gasteiger partial charge in [0, 0.05) is 40.6 Å². The van der Waals surface area contributed by atoms with Crippen LogP contribution >= 0.6 is 11.3 Å². The number of primary amides is 1. The lowest BCUT2D eigenvalue weighted by molar-refractivity contribution is -0.116. The van der Waals surface area contributed by atoms with E-state index in [1.165, 1.54) is 11.3 Å². The highest BCUT2D eigenvalue weighted by atomic mass is 32.1. The van der Waals surface area contributed by atoms with Crippen LogP contribution in [-0.2, 0) is 11.2 Å². The number of ether oxygens (including phenoxy) is 1. The zero-order valence-electron chi connectivity index (χ0n) is 17.4. The van der Waals surface area contributed by atoms with E-state index >= 15 is 0 Å². The van der Waals surface area contributed by atoms with Crippen molar-refractivity contribution in [2.24, 2.45) is 5.73 Å². The van der Waals surface area contributed by atoms with E-state index in [-0.39, 0.29) is 24.4 Å². The van der Waals surface area contributed by atoms with E-state index in [0.29, 0.717) is 33.3 Å². The van der Waals surface area contributed by atoms with Crippen LogP contribution in [0.1, 0.15) is 28.0 Å². The fourth-order valence-corrected chi connectivity index (χ4v) is 4.09. The molecule has 3 aromatic heterocycles. The van der Waals surface area contributed by atoms with Gasteiger partial charge in [0.05, 0.1) is 12.8 Å². The summed E-state index contributed by atoms with van der Waals surface area (Å²) in [6.07, 6.45) is 1.95.